The molecule has 1 atom stereocenters. The maximum Gasteiger partial charge on any atom is 0.212 e. The van der Waals surface area contributed by atoms with E-state index in [9.17, 15) is 0 Å². The minimum absolute atomic E-state index is 0.0492. The van der Waals surface area contributed by atoms with Gasteiger partial charge in [-0.05, 0) is 134 Å². The predicted molar refractivity (Wildman–Crippen MR) is 296 cm³/mol. The largest absolute Gasteiger partial charge is 0.212 e. The third-order valence-electron chi connectivity index (χ3n) is 12.2. The Hall–Kier alpha value is -6.52. The number of pyridine rings is 4. The molecular weight excluding hydrogens is 849 g/mol. The molecule has 0 saturated heterocycles. The molecule has 0 amide bonds. The molecule has 364 valence electrons. The molecule has 1 unspecified atom stereocenters. The maximum atomic E-state index is 8.19. The van der Waals surface area contributed by atoms with Crippen LogP contribution in [0.25, 0.3) is 45.0 Å². The zero-order chi connectivity index (χ0) is 58.1. The van der Waals surface area contributed by atoms with Crippen LogP contribution in [0.15, 0.2) is 170 Å². The van der Waals surface area contributed by atoms with Gasteiger partial charge in [0.1, 0.15) is 28.2 Å². The first kappa shape index (κ1) is 43.5. The van der Waals surface area contributed by atoms with E-state index in [0.29, 0.717) is 16.5 Å². The van der Waals surface area contributed by atoms with Crippen LogP contribution in [-0.4, -0.2) is 0 Å². The highest BCUT2D eigenvalue weighted by Gasteiger charge is 2.18. The van der Waals surface area contributed by atoms with E-state index < -0.39 is 25.5 Å². The van der Waals surface area contributed by atoms with Crippen LogP contribution in [0.4, 0.5) is 0 Å². The summed E-state index contributed by atoms with van der Waals surface area (Å²) in [4.78, 5) is 0. The summed E-state index contributed by atoms with van der Waals surface area (Å²) in [6.45, 7) is 19.7. The van der Waals surface area contributed by atoms with Gasteiger partial charge in [0, 0.05) is 80.2 Å². The van der Waals surface area contributed by atoms with E-state index in [1.807, 2.05) is 147 Å². The predicted octanol–water partition coefficient (Wildman–Crippen LogP) is 14.4. The Bertz CT molecular complexity index is 3310. The van der Waals surface area contributed by atoms with E-state index in [2.05, 4.69) is 120 Å². The fourth-order valence-electron chi connectivity index (χ4n) is 8.49. The minimum atomic E-state index is -2.36. The number of aromatic nitrogens is 4. The Morgan fingerprint density at radius 1 is 0.486 bits per heavy atom. The molecule has 0 fully saturated rings. The highest BCUT2D eigenvalue weighted by atomic mass is 14.9. The van der Waals surface area contributed by atoms with E-state index in [-0.39, 0.29) is 5.92 Å². The maximum absolute atomic E-state index is 8.19. The summed E-state index contributed by atoms with van der Waals surface area (Å²) < 4.78 is 70.7. The van der Waals surface area contributed by atoms with Crippen molar-refractivity contribution in [1.29, 1.82) is 0 Å². The summed E-state index contributed by atoms with van der Waals surface area (Å²) in [7, 11) is 7.92. The molecule has 4 heterocycles. The minimum Gasteiger partial charge on any atom is -0.201 e. The molecule has 8 rings (SSSR count). The normalized spacial score (nSPS) is 14.1. The summed E-state index contributed by atoms with van der Waals surface area (Å²) in [5.74, 6) is -1.67. The van der Waals surface area contributed by atoms with Gasteiger partial charge >= 0.3 is 0 Å². The molecule has 4 aromatic carbocycles. The molecule has 0 N–H and O–H groups in total. The van der Waals surface area contributed by atoms with Crippen molar-refractivity contribution in [2.75, 3.05) is 0 Å². The zero-order valence-electron chi connectivity index (χ0n) is 52.7. The first-order valence-corrected chi connectivity index (χ1v) is 24.5. The number of hydrogen-bond acceptors (Lipinski definition) is 0. The SMILES string of the molecule is Cc1ccccc1-c1cc(CC(C)(C)C)cc[n+]1C.[2H]C([2H])(C)c1ccc(-c2ccccc2C)[n+](C)c1.[2H]C([2H])([2H])C([2H])(C)c1ccc(-c2ccccc2C)[n+](C)c1.[2H]C([2H])(c1ccc(-c2ccccc2C)[n+](C)c1)C(C)C. The van der Waals surface area contributed by atoms with Gasteiger partial charge in [-0.15, -0.1) is 0 Å². The van der Waals surface area contributed by atoms with Gasteiger partial charge in [-0.3, -0.25) is 0 Å². The summed E-state index contributed by atoms with van der Waals surface area (Å²) in [6, 6.07) is 49.0. The van der Waals surface area contributed by atoms with E-state index in [0.717, 1.165) is 40.2 Å². The third kappa shape index (κ3) is 15.5. The van der Waals surface area contributed by atoms with Gasteiger partial charge < -0.3 is 0 Å². The van der Waals surface area contributed by atoms with Crippen molar-refractivity contribution in [2.24, 2.45) is 39.5 Å². The Labute approximate surface area is 435 Å². The molecule has 4 nitrogen and oxygen atoms in total. The number of benzene rings is 4. The van der Waals surface area contributed by atoms with Crippen molar-refractivity contribution in [2.45, 2.75) is 108 Å². The molecule has 4 heteroatoms. The lowest BCUT2D eigenvalue weighted by atomic mass is 9.88. The van der Waals surface area contributed by atoms with Gasteiger partial charge in [0.05, 0.1) is 0 Å². The fourth-order valence-corrected chi connectivity index (χ4v) is 8.49. The lowest BCUT2D eigenvalue weighted by molar-refractivity contribution is -0.661. The van der Waals surface area contributed by atoms with E-state index in [4.69, 9.17) is 11.0 Å². The lowest BCUT2D eigenvalue weighted by Gasteiger charge is -2.18. The van der Waals surface area contributed by atoms with Crippen molar-refractivity contribution < 1.29 is 29.2 Å². The summed E-state index contributed by atoms with van der Waals surface area (Å²) in [6.07, 6.45) is 6.17. The standard InChI is InChI=1S/C18H24N.C17H22N.C16H20N.C15H18N/c1-14-8-6-7-9-16(14)17-12-15(10-11-19(17)5)13-18(2,3)4;1-13(2)11-15-9-10-17(18(4)12-15)16-8-6-5-7-14(16)3;1-12(2)14-9-10-16(17(4)11-14)15-8-6-5-7-13(15)3;1-4-13-9-10-15(16(3)11-13)14-8-6-5-7-12(14)2/h6-12H,13H2,1-5H3;5-10,12-13H,11H2,1-4H3;5-12H,1-4H3;5-11H,4H2,1-3H3/q4*+1/i;11D2;1D3,12D;4D2. The summed E-state index contributed by atoms with van der Waals surface area (Å²) in [5.41, 5.74) is 17.9. The first-order valence-electron chi connectivity index (χ1n) is 28.5. The van der Waals surface area contributed by atoms with Gasteiger partial charge in [-0.1, -0.05) is 128 Å². The molecule has 0 aliphatic rings. The molecule has 0 spiro atoms. The van der Waals surface area contributed by atoms with Gasteiger partial charge in [0.15, 0.2) is 24.8 Å². The van der Waals surface area contributed by atoms with Gasteiger partial charge in [-0.25, -0.2) is 18.3 Å². The highest BCUT2D eigenvalue weighted by molar-refractivity contribution is 5.63. The van der Waals surface area contributed by atoms with E-state index in [1.54, 1.807) is 19.2 Å². The summed E-state index contributed by atoms with van der Waals surface area (Å²) in [5, 5.41) is 0. The second-order valence-corrected chi connectivity index (χ2v) is 19.9. The molecule has 8 aromatic rings. The topological polar surface area (TPSA) is 15.5 Å². The van der Waals surface area contributed by atoms with Crippen LogP contribution >= 0.6 is 0 Å². The molecule has 0 aliphatic heterocycles. The third-order valence-corrected chi connectivity index (χ3v) is 12.2. The molecule has 4 aromatic heterocycles. The average molecular weight is 941 g/mol. The zero-order valence-corrected chi connectivity index (χ0v) is 44.7. The summed E-state index contributed by atoms with van der Waals surface area (Å²) >= 11 is 0. The quantitative estimate of drug-likeness (QED) is 0.128. The second-order valence-electron chi connectivity index (χ2n) is 19.9. The number of hydrogen-bond donors (Lipinski definition) is 0. The van der Waals surface area contributed by atoms with Gasteiger partial charge in [-0.2, -0.15) is 0 Å². The number of nitrogens with zero attached hydrogens (tertiary/aromatic N) is 4. The Balaban J connectivity index is 0.000000192. The van der Waals surface area contributed by atoms with Crippen molar-refractivity contribution in [3.63, 3.8) is 0 Å². The Morgan fingerprint density at radius 2 is 0.886 bits per heavy atom. The molecule has 0 aliphatic carbocycles. The van der Waals surface area contributed by atoms with Crippen LogP contribution in [0.2, 0.25) is 0 Å². The molecule has 0 radical (unpaired) electrons. The lowest BCUT2D eigenvalue weighted by Crippen LogP contribution is -2.31. The van der Waals surface area contributed by atoms with Crippen LogP contribution in [0.3, 0.4) is 0 Å². The van der Waals surface area contributed by atoms with Gasteiger partial charge in [0.2, 0.25) is 22.8 Å². The van der Waals surface area contributed by atoms with Crippen molar-refractivity contribution in [3.05, 3.63) is 215 Å². The van der Waals surface area contributed by atoms with E-state index in [1.165, 1.54) is 51.6 Å². The van der Waals surface area contributed by atoms with E-state index >= 15 is 0 Å². The molecule has 70 heavy (non-hydrogen) atoms. The van der Waals surface area contributed by atoms with Crippen LogP contribution in [0.1, 0.15) is 117 Å². The highest BCUT2D eigenvalue weighted by Crippen LogP contribution is 2.26. The molecule has 0 saturated carbocycles. The first-order chi connectivity index (χ1) is 36.2. The van der Waals surface area contributed by atoms with Crippen molar-refractivity contribution in [1.82, 2.24) is 0 Å². The van der Waals surface area contributed by atoms with Gasteiger partial charge in [0.25, 0.3) is 0 Å². The smallest absolute Gasteiger partial charge is 0.201 e. The second kappa shape index (κ2) is 25.4. The fraction of sp³-hybridized carbons (Fsp3) is 0.333. The monoisotopic (exact) mass is 941 g/mol. The van der Waals surface area contributed by atoms with Crippen molar-refractivity contribution >= 4 is 0 Å². The number of rotatable bonds is 9. The van der Waals surface area contributed by atoms with Crippen molar-refractivity contribution in [3.8, 4) is 45.0 Å². The average Bonchev–Trinajstić information content (AvgIpc) is 3.36. The van der Waals surface area contributed by atoms with Crippen LogP contribution in [-0.2, 0) is 47.4 Å². The van der Waals surface area contributed by atoms with Crippen LogP contribution in [0.5, 0.6) is 0 Å². The van der Waals surface area contributed by atoms with Crippen LogP contribution in [0, 0.1) is 39.0 Å². The Morgan fingerprint density at radius 3 is 1.27 bits per heavy atom. The molecular formula is C66H84N4+4. The molecule has 0 bridgehead atoms. The van der Waals surface area contributed by atoms with Crippen LogP contribution < -0.4 is 18.3 Å². The number of aryl methyl sites for hydroxylation is 9. The Kier molecular flexibility index (Phi) is 15.8.